The van der Waals surface area contributed by atoms with Crippen molar-refractivity contribution in [1.29, 1.82) is 0 Å². The molecule has 0 spiro atoms. The van der Waals surface area contributed by atoms with Crippen LogP contribution in [0.1, 0.15) is 32.1 Å². The summed E-state index contributed by atoms with van der Waals surface area (Å²) in [7, 11) is 0. The van der Waals surface area contributed by atoms with Crippen molar-refractivity contribution in [3.8, 4) is 5.75 Å². The number of hydrogen-bond donors (Lipinski definition) is 1. The zero-order valence-electron chi connectivity index (χ0n) is 10.3. The first-order chi connectivity index (χ1) is 8.31. The summed E-state index contributed by atoms with van der Waals surface area (Å²) in [5, 5.41) is 0. The number of benzene rings is 1. The first-order valence-electron chi connectivity index (χ1n) is 6.77. The third-order valence-corrected chi connectivity index (χ3v) is 4.58. The van der Waals surface area contributed by atoms with Crippen LogP contribution in [0.4, 0.5) is 0 Å². The van der Waals surface area contributed by atoms with Gasteiger partial charge in [0.05, 0.1) is 6.61 Å². The Morgan fingerprint density at radius 2 is 1.76 bits per heavy atom. The predicted molar refractivity (Wildman–Crippen MR) is 68.9 cm³/mol. The number of ether oxygens (including phenoxy) is 1. The molecular weight excluding hydrogens is 210 g/mol. The number of nitrogens with two attached hydrogens (primary N) is 1. The Morgan fingerprint density at radius 1 is 1.12 bits per heavy atom. The summed E-state index contributed by atoms with van der Waals surface area (Å²) >= 11 is 0. The minimum absolute atomic E-state index is 0.102. The highest BCUT2D eigenvalue weighted by Gasteiger charge is 2.61. The van der Waals surface area contributed by atoms with Gasteiger partial charge >= 0.3 is 0 Å². The molecule has 2 fully saturated rings. The molecule has 2 N–H and O–H groups in total. The van der Waals surface area contributed by atoms with Crippen LogP contribution in [0.2, 0.25) is 0 Å². The summed E-state index contributed by atoms with van der Waals surface area (Å²) in [4.78, 5) is 0. The maximum Gasteiger partial charge on any atom is 0.119 e. The average molecular weight is 231 g/mol. The molecule has 1 aromatic carbocycles. The summed E-state index contributed by atoms with van der Waals surface area (Å²) in [6, 6.07) is 10.0. The van der Waals surface area contributed by atoms with Crippen LogP contribution in [-0.2, 0) is 0 Å². The molecule has 2 atom stereocenters. The van der Waals surface area contributed by atoms with Crippen molar-refractivity contribution in [2.75, 3.05) is 6.61 Å². The van der Waals surface area contributed by atoms with E-state index in [4.69, 9.17) is 10.5 Å². The highest BCUT2D eigenvalue weighted by Crippen LogP contribution is 2.58. The summed E-state index contributed by atoms with van der Waals surface area (Å²) < 4.78 is 5.75. The van der Waals surface area contributed by atoms with Gasteiger partial charge in [0.15, 0.2) is 0 Å². The Balaban J connectivity index is 1.49. The monoisotopic (exact) mass is 231 g/mol. The quantitative estimate of drug-likeness (QED) is 0.864. The van der Waals surface area contributed by atoms with Crippen LogP contribution in [0.15, 0.2) is 30.3 Å². The first-order valence-corrected chi connectivity index (χ1v) is 6.77. The molecule has 2 saturated carbocycles. The second kappa shape index (κ2) is 4.34. The molecule has 2 nitrogen and oxygen atoms in total. The topological polar surface area (TPSA) is 35.2 Å². The standard InChI is InChI=1S/C15H21NO/c16-15(13-8-4-5-9-14(13)15)10-11-17-12-6-2-1-3-7-12/h1-3,6-7,13-14H,4-5,8-11,16H2. The van der Waals surface area contributed by atoms with Gasteiger partial charge in [-0.2, -0.15) is 0 Å². The number of rotatable bonds is 4. The highest BCUT2D eigenvalue weighted by molar-refractivity contribution is 5.21. The predicted octanol–water partition coefficient (Wildman–Crippen LogP) is 2.97. The second-order valence-corrected chi connectivity index (χ2v) is 5.52. The van der Waals surface area contributed by atoms with Crippen molar-refractivity contribution in [2.24, 2.45) is 17.6 Å². The smallest absolute Gasteiger partial charge is 0.119 e. The van der Waals surface area contributed by atoms with Crippen molar-refractivity contribution < 1.29 is 4.74 Å². The molecule has 2 heteroatoms. The minimum atomic E-state index is 0.102. The van der Waals surface area contributed by atoms with E-state index in [1.54, 1.807) is 0 Å². The molecule has 1 aromatic rings. The van der Waals surface area contributed by atoms with Crippen molar-refractivity contribution in [3.63, 3.8) is 0 Å². The number of fused-ring (bicyclic) bond motifs is 1. The van der Waals surface area contributed by atoms with Gasteiger partial charge in [-0.25, -0.2) is 0 Å². The van der Waals surface area contributed by atoms with Gasteiger partial charge in [0.1, 0.15) is 5.75 Å². The molecular formula is C15H21NO. The lowest BCUT2D eigenvalue weighted by Crippen LogP contribution is -2.29. The normalized spacial score (nSPS) is 35.1. The van der Waals surface area contributed by atoms with Gasteiger partial charge in [0, 0.05) is 5.54 Å². The van der Waals surface area contributed by atoms with Crippen LogP contribution >= 0.6 is 0 Å². The summed E-state index contributed by atoms with van der Waals surface area (Å²) in [5.41, 5.74) is 6.58. The van der Waals surface area contributed by atoms with Crippen LogP contribution < -0.4 is 10.5 Å². The molecule has 2 aliphatic rings. The van der Waals surface area contributed by atoms with E-state index in [0.29, 0.717) is 0 Å². The van der Waals surface area contributed by atoms with E-state index in [1.807, 2.05) is 30.3 Å². The maximum atomic E-state index is 6.48. The van der Waals surface area contributed by atoms with Crippen molar-refractivity contribution >= 4 is 0 Å². The Bertz CT molecular complexity index is 364. The molecule has 0 bridgehead atoms. The third kappa shape index (κ3) is 2.06. The highest BCUT2D eigenvalue weighted by atomic mass is 16.5. The van der Waals surface area contributed by atoms with Crippen LogP contribution in [0.3, 0.4) is 0 Å². The molecule has 2 aliphatic carbocycles. The van der Waals surface area contributed by atoms with E-state index in [2.05, 4.69) is 0 Å². The van der Waals surface area contributed by atoms with E-state index in [-0.39, 0.29) is 5.54 Å². The Labute approximate surface area is 103 Å². The van der Waals surface area contributed by atoms with E-state index < -0.39 is 0 Å². The fourth-order valence-corrected chi connectivity index (χ4v) is 3.53. The molecule has 3 rings (SSSR count). The van der Waals surface area contributed by atoms with Crippen LogP contribution in [0.25, 0.3) is 0 Å². The average Bonchev–Trinajstić information content (AvgIpc) is 2.97. The van der Waals surface area contributed by atoms with Crippen molar-refractivity contribution in [1.82, 2.24) is 0 Å². The second-order valence-electron chi connectivity index (χ2n) is 5.52. The van der Waals surface area contributed by atoms with Crippen LogP contribution in [0, 0.1) is 11.8 Å². The Morgan fingerprint density at radius 3 is 2.41 bits per heavy atom. The molecule has 92 valence electrons. The lowest BCUT2D eigenvalue weighted by Gasteiger charge is -2.12. The van der Waals surface area contributed by atoms with Gasteiger partial charge in [-0.15, -0.1) is 0 Å². The molecule has 0 aliphatic heterocycles. The van der Waals surface area contributed by atoms with Crippen LogP contribution in [-0.4, -0.2) is 12.1 Å². The molecule has 2 unspecified atom stereocenters. The van der Waals surface area contributed by atoms with E-state index in [9.17, 15) is 0 Å². The molecule has 0 heterocycles. The van der Waals surface area contributed by atoms with Gasteiger partial charge in [-0.05, 0) is 43.2 Å². The lowest BCUT2D eigenvalue weighted by molar-refractivity contribution is 0.285. The Hall–Kier alpha value is -1.02. The van der Waals surface area contributed by atoms with Gasteiger partial charge in [0.2, 0.25) is 0 Å². The molecule has 0 amide bonds. The van der Waals surface area contributed by atoms with Gasteiger partial charge in [-0.3, -0.25) is 0 Å². The van der Waals surface area contributed by atoms with Crippen molar-refractivity contribution in [3.05, 3.63) is 30.3 Å². The van der Waals surface area contributed by atoms with E-state index in [0.717, 1.165) is 30.6 Å². The largest absolute Gasteiger partial charge is 0.494 e. The van der Waals surface area contributed by atoms with Gasteiger partial charge < -0.3 is 10.5 Å². The summed E-state index contributed by atoms with van der Waals surface area (Å²) in [6.07, 6.45) is 6.44. The summed E-state index contributed by atoms with van der Waals surface area (Å²) in [6.45, 7) is 0.757. The van der Waals surface area contributed by atoms with E-state index in [1.165, 1.54) is 25.7 Å². The summed E-state index contributed by atoms with van der Waals surface area (Å²) in [5.74, 6) is 2.53. The zero-order valence-corrected chi connectivity index (χ0v) is 10.3. The SMILES string of the molecule is NC1(CCOc2ccccc2)C2CCCCC21. The van der Waals surface area contributed by atoms with E-state index >= 15 is 0 Å². The van der Waals surface area contributed by atoms with Crippen LogP contribution in [0.5, 0.6) is 5.75 Å². The number of para-hydroxylation sites is 1. The van der Waals surface area contributed by atoms with Gasteiger partial charge in [0.25, 0.3) is 0 Å². The number of hydrogen-bond acceptors (Lipinski definition) is 2. The van der Waals surface area contributed by atoms with Crippen molar-refractivity contribution in [2.45, 2.75) is 37.6 Å². The molecule has 0 aromatic heterocycles. The molecule has 0 radical (unpaired) electrons. The van der Waals surface area contributed by atoms with Gasteiger partial charge in [-0.1, -0.05) is 31.0 Å². The lowest BCUT2D eigenvalue weighted by atomic mass is 10.0. The molecule has 0 saturated heterocycles. The Kier molecular flexibility index (Phi) is 2.83. The minimum Gasteiger partial charge on any atom is -0.494 e. The zero-order chi connectivity index (χ0) is 11.7. The fraction of sp³-hybridized carbons (Fsp3) is 0.600. The fourth-order valence-electron chi connectivity index (χ4n) is 3.53. The third-order valence-electron chi connectivity index (χ3n) is 4.58. The maximum absolute atomic E-state index is 6.48. The first kappa shape index (κ1) is 11.1. The molecule has 17 heavy (non-hydrogen) atoms.